The van der Waals surface area contributed by atoms with Crippen LogP contribution in [0, 0.1) is 0 Å². The maximum atomic E-state index is 10.3. The van der Waals surface area contributed by atoms with Gasteiger partial charge >= 0.3 is 0 Å². The highest BCUT2D eigenvalue weighted by Gasteiger charge is 1.92. The van der Waals surface area contributed by atoms with Crippen LogP contribution in [0.25, 0.3) is 0 Å². The average Bonchev–Trinajstić information content (AvgIpc) is 1.61. The van der Waals surface area contributed by atoms with Gasteiger partial charge in [0.1, 0.15) is 0 Å². The molecule has 0 N–H and O–H groups in total. The van der Waals surface area contributed by atoms with Crippen molar-refractivity contribution >= 4 is 21.6 Å². The quantitative estimate of drug-likeness (QED) is 0.561. The van der Waals surface area contributed by atoms with Crippen molar-refractivity contribution in [1.82, 2.24) is 0 Å². The molecular formula is C4H10O2S2. The van der Waals surface area contributed by atoms with E-state index in [9.17, 15) is 8.42 Å². The second kappa shape index (κ2) is 4.21. The maximum Gasteiger partial charge on any atom is 0.0347 e. The van der Waals surface area contributed by atoms with Crippen molar-refractivity contribution in [1.29, 1.82) is 0 Å². The smallest absolute Gasteiger partial charge is 0.0347 e. The predicted octanol–water partition coefficient (Wildman–Crippen LogP) is -0.257. The molecule has 0 aliphatic carbocycles. The van der Waals surface area contributed by atoms with Gasteiger partial charge in [-0.3, -0.25) is 8.42 Å². The highest BCUT2D eigenvalue weighted by Crippen LogP contribution is 1.77. The van der Waals surface area contributed by atoms with Crippen LogP contribution in [0.3, 0.4) is 0 Å². The molecule has 0 spiro atoms. The second-order valence-corrected chi connectivity index (χ2v) is 4.66. The molecule has 0 aliphatic rings. The summed E-state index contributed by atoms with van der Waals surface area (Å²) < 4.78 is 20.6. The molecule has 0 aromatic heterocycles. The molecule has 50 valence electrons. The van der Waals surface area contributed by atoms with Crippen molar-refractivity contribution < 1.29 is 8.42 Å². The highest BCUT2D eigenvalue weighted by atomic mass is 32.2. The molecule has 0 saturated heterocycles. The molecule has 4 heteroatoms. The van der Waals surface area contributed by atoms with Gasteiger partial charge in [-0.15, -0.1) is 0 Å². The van der Waals surface area contributed by atoms with Gasteiger partial charge in [0.05, 0.1) is 0 Å². The minimum atomic E-state index is -0.779. The van der Waals surface area contributed by atoms with Gasteiger partial charge in [0, 0.05) is 45.6 Å². The zero-order valence-corrected chi connectivity index (χ0v) is 6.68. The summed E-state index contributed by atoms with van der Waals surface area (Å²) in [6.07, 6.45) is 3.24. The first-order valence-corrected chi connectivity index (χ1v) is 5.68. The van der Waals surface area contributed by atoms with Crippen molar-refractivity contribution in [2.24, 2.45) is 0 Å². The molecule has 0 heterocycles. The largest absolute Gasteiger partial charge is 0.260 e. The standard InChI is InChI=1S/C4H10O2S2/c1-7(5)3-4-8(2)6/h3-4H2,1-2H3/t7-,8-/m1/s1. The minimum Gasteiger partial charge on any atom is -0.260 e. The lowest BCUT2D eigenvalue weighted by atomic mass is 11.0. The van der Waals surface area contributed by atoms with Gasteiger partial charge in [0.2, 0.25) is 0 Å². The lowest BCUT2D eigenvalue weighted by Gasteiger charge is -1.89. The van der Waals surface area contributed by atoms with E-state index in [0.717, 1.165) is 0 Å². The van der Waals surface area contributed by atoms with Crippen molar-refractivity contribution in [2.75, 3.05) is 24.0 Å². The molecular weight excluding hydrogens is 144 g/mol. The molecule has 0 aromatic carbocycles. The average molecular weight is 154 g/mol. The van der Waals surface area contributed by atoms with Crippen LogP contribution in [0.4, 0.5) is 0 Å². The van der Waals surface area contributed by atoms with Crippen LogP contribution in [-0.4, -0.2) is 32.4 Å². The van der Waals surface area contributed by atoms with E-state index in [-0.39, 0.29) is 0 Å². The number of rotatable bonds is 3. The van der Waals surface area contributed by atoms with Crippen LogP contribution in [0.15, 0.2) is 0 Å². The third kappa shape index (κ3) is 6.30. The van der Waals surface area contributed by atoms with E-state index in [1.54, 1.807) is 12.5 Å². The molecule has 2 atom stereocenters. The lowest BCUT2D eigenvalue weighted by Crippen LogP contribution is -2.04. The number of hydrogen-bond donors (Lipinski definition) is 0. The summed E-state index contributed by atoms with van der Waals surface area (Å²) in [7, 11) is -1.56. The Morgan fingerprint density at radius 1 is 1.00 bits per heavy atom. The Morgan fingerprint density at radius 2 is 1.25 bits per heavy atom. The number of hydrogen-bond acceptors (Lipinski definition) is 2. The van der Waals surface area contributed by atoms with E-state index in [0.29, 0.717) is 11.5 Å². The van der Waals surface area contributed by atoms with Crippen molar-refractivity contribution in [3.05, 3.63) is 0 Å². The molecule has 0 radical (unpaired) electrons. The van der Waals surface area contributed by atoms with E-state index in [4.69, 9.17) is 0 Å². The Labute approximate surface area is 54.6 Å². The van der Waals surface area contributed by atoms with Gasteiger partial charge in [-0.1, -0.05) is 0 Å². The topological polar surface area (TPSA) is 34.1 Å². The van der Waals surface area contributed by atoms with E-state index in [2.05, 4.69) is 0 Å². The zero-order chi connectivity index (χ0) is 6.57. The first-order valence-electron chi connectivity index (χ1n) is 2.23. The lowest BCUT2D eigenvalue weighted by molar-refractivity contribution is 0.682. The SMILES string of the molecule is C[S@@](=O)CC[S@@](C)=O. The fourth-order valence-electron chi connectivity index (χ4n) is 0.235. The Morgan fingerprint density at radius 3 is 1.38 bits per heavy atom. The Balaban J connectivity index is 3.18. The van der Waals surface area contributed by atoms with E-state index in [1.807, 2.05) is 0 Å². The van der Waals surface area contributed by atoms with E-state index >= 15 is 0 Å². The van der Waals surface area contributed by atoms with Gasteiger partial charge in [-0.05, 0) is 0 Å². The first kappa shape index (κ1) is 8.30. The fourth-order valence-corrected chi connectivity index (χ4v) is 2.11. The molecule has 0 bridgehead atoms. The van der Waals surface area contributed by atoms with Gasteiger partial charge in [-0.2, -0.15) is 0 Å². The van der Waals surface area contributed by atoms with Crippen LogP contribution in [0.1, 0.15) is 0 Å². The van der Waals surface area contributed by atoms with Crippen LogP contribution in [0.5, 0.6) is 0 Å². The van der Waals surface area contributed by atoms with Crippen molar-refractivity contribution in [2.45, 2.75) is 0 Å². The van der Waals surface area contributed by atoms with E-state index in [1.165, 1.54) is 0 Å². The molecule has 0 saturated carbocycles. The molecule has 8 heavy (non-hydrogen) atoms. The third-order valence-electron chi connectivity index (χ3n) is 0.658. The Hall–Kier alpha value is 0.300. The van der Waals surface area contributed by atoms with Gasteiger partial charge < -0.3 is 0 Å². The maximum absolute atomic E-state index is 10.3. The van der Waals surface area contributed by atoms with E-state index < -0.39 is 21.6 Å². The van der Waals surface area contributed by atoms with Gasteiger partial charge in [0.25, 0.3) is 0 Å². The molecule has 2 nitrogen and oxygen atoms in total. The summed E-state index contributed by atoms with van der Waals surface area (Å²) in [5.41, 5.74) is 0. The van der Waals surface area contributed by atoms with Crippen molar-refractivity contribution in [3.8, 4) is 0 Å². The normalized spacial score (nSPS) is 17.8. The van der Waals surface area contributed by atoms with Crippen LogP contribution < -0.4 is 0 Å². The van der Waals surface area contributed by atoms with Crippen LogP contribution >= 0.6 is 0 Å². The van der Waals surface area contributed by atoms with Gasteiger partial charge in [0.15, 0.2) is 0 Å². The zero-order valence-electron chi connectivity index (χ0n) is 5.05. The Bertz CT molecular complexity index is 96.6. The van der Waals surface area contributed by atoms with Crippen molar-refractivity contribution in [3.63, 3.8) is 0 Å². The predicted molar refractivity (Wildman–Crippen MR) is 37.9 cm³/mol. The molecule has 0 aliphatic heterocycles. The van der Waals surface area contributed by atoms with Crippen LogP contribution in [-0.2, 0) is 21.6 Å². The summed E-state index contributed by atoms with van der Waals surface area (Å²) in [5.74, 6) is 1.12. The molecule has 0 amide bonds. The molecule has 0 fully saturated rings. The van der Waals surface area contributed by atoms with Crippen LogP contribution in [0.2, 0.25) is 0 Å². The molecule has 0 unspecified atom stereocenters. The first-order chi connectivity index (χ1) is 3.63. The Kier molecular flexibility index (Phi) is 4.36. The second-order valence-electron chi connectivity index (χ2n) is 1.55. The molecule has 0 aromatic rings. The summed E-state index contributed by atoms with van der Waals surface area (Å²) in [6.45, 7) is 0. The monoisotopic (exact) mass is 154 g/mol. The highest BCUT2D eigenvalue weighted by molar-refractivity contribution is 7.88. The summed E-state index contributed by atoms with van der Waals surface area (Å²) in [6, 6.07) is 0. The molecule has 0 rings (SSSR count). The minimum absolute atomic E-state index is 0.559. The summed E-state index contributed by atoms with van der Waals surface area (Å²) in [4.78, 5) is 0. The summed E-state index contributed by atoms with van der Waals surface area (Å²) >= 11 is 0. The third-order valence-corrected chi connectivity index (χ3v) is 2.47. The fraction of sp³-hybridized carbons (Fsp3) is 1.00. The van der Waals surface area contributed by atoms with Gasteiger partial charge in [-0.25, -0.2) is 0 Å². The summed E-state index contributed by atoms with van der Waals surface area (Å²) in [5, 5.41) is 0.